The van der Waals surface area contributed by atoms with Crippen LogP contribution < -0.4 is 0 Å². The van der Waals surface area contributed by atoms with Crippen molar-refractivity contribution in [1.29, 1.82) is 0 Å². The predicted octanol–water partition coefficient (Wildman–Crippen LogP) is 5.66. The molecule has 0 radical (unpaired) electrons. The Bertz CT molecular complexity index is 727. The van der Waals surface area contributed by atoms with Crippen LogP contribution in [0.25, 0.3) is 0 Å². The summed E-state index contributed by atoms with van der Waals surface area (Å²) in [6, 6.07) is 0. The molecule has 5 rings (SSSR count). The van der Waals surface area contributed by atoms with Crippen molar-refractivity contribution >= 4 is 23.5 Å². The van der Waals surface area contributed by atoms with E-state index < -0.39 is 5.60 Å². The second-order valence-corrected chi connectivity index (χ2v) is 12.7. The van der Waals surface area contributed by atoms with E-state index >= 15 is 0 Å². The van der Waals surface area contributed by atoms with Gasteiger partial charge in [0.05, 0.1) is 4.08 Å². The molecule has 1 heterocycles. The van der Waals surface area contributed by atoms with E-state index in [0.29, 0.717) is 27.8 Å². The van der Waals surface area contributed by atoms with Crippen molar-refractivity contribution in [2.75, 3.05) is 11.5 Å². The van der Waals surface area contributed by atoms with Crippen molar-refractivity contribution in [3.05, 3.63) is 23.8 Å². The van der Waals surface area contributed by atoms with Gasteiger partial charge in [-0.1, -0.05) is 36.6 Å². The smallest absolute Gasteiger partial charge is 0.131 e. The van der Waals surface area contributed by atoms with Gasteiger partial charge in [-0.15, -0.1) is 29.9 Å². The Morgan fingerprint density at radius 1 is 1.26 bits per heavy atom. The highest BCUT2D eigenvalue weighted by Crippen LogP contribution is 2.68. The Morgan fingerprint density at radius 2 is 2.04 bits per heavy atom. The number of rotatable bonds is 1. The van der Waals surface area contributed by atoms with Gasteiger partial charge < -0.3 is 5.11 Å². The first-order valence-electron chi connectivity index (χ1n) is 10.8. The fraction of sp³-hybridized carbons (Fsp3) is 0.750. The Labute approximate surface area is 173 Å². The van der Waals surface area contributed by atoms with Crippen LogP contribution in [-0.2, 0) is 0 Å². The molecule has 3 heteroatoms. The molecule has 1 spiro atoms. The van der Waals surface area contributed by atoms with Crippen LogP contribution in [0.2, 0.25) is 0 Å². The van der Waals surface area contributed by atoms with Crippen LogP contribution in [0.3, 0.4) is 0 Å². The summed E-state index contributed by atoms with van der Waals surface area (Å²) in [6.45, 7) is 6.85. The maximum atomic E-state index is 11.3. The van der Waals surface area contributed by atoms with Gasteiger partial charge in [-0.3, -0.25) is 0 Å². The molecule has 0 aromatic carbocycles. The maximum Gasteiger partial charge on any atom is 0.131 e. The lowest BCUT2D eigenvalue weighted by Gasteiger charge is -2.57. The van der Waals surface area contributed by atoms with E-state index in [0.717, 1.165) is 25.7 Å². The normalized spacial score (nSPS) is 47.7. The lowest BCUT2D eigenvalue weighted by molar-refractivity contribution is -0.0789. The first-order chi connectivity index (χ1) is 13.0. The summed E-state index contributed by atoms with van der Waals surface area (Å²) < 4.78 is 0.388. The van der Waals surface area contributed by atoms with E-state index in [-0.39, 0.29) is 5.41 Å². The summed E-state index contributed by atoms with van der Waals surface area (Å²) in [6.07, 6.45) is 17.5. The van der Waals surface area contributed by atoms with Gasteiger partial charge in [-0.05, 0) is 75.0 Å². The van der Waals surface area contributed by atoms with Gasteiger partial charge in [0.1, 0.15) is 5.60 Å². The molecule has 1 N–H and O–H groups in total. The minimum absolute atomic E-state index is 0.131. The Hall–Kier alpha value is -0.300. The summed E-state index contributed by atoms with van der Waals surface area (Å²) in [7, 11) is 0. The fourth-order valence-electron chi connectivity index (χ4n) is 7.74. The largest absolute Gasteiger partial charge is 0.377 e. The molecule has 5 aliphatic rings. The fourth-order valence-corrected chi connectivity index (χ4v) is 10.9. The quantitative estimate of drug-likeness (QED) is 0.453. The number of thioether (sulfide) groups is 2. The van der Waals surface area contributed by atoms with Gasteiger partial charge in [-0.25, -0.2) is 0 Å². The van der Waals surface area contributed by atoms with Crippen LogP contribution >= 0.6 is 23.5 Å². The van der Waals surface area contributed by atoms with E-state index in [9.17, 15) is 5.11 Å². The molecule has 4 fully saturated rings. The molecule has 6 unspecified atom stereocenters. The highest BCUT2D eigenvalue weighted by molar-refractivity contribution is 8.21. The molecule has 146 valence electrons. The second-order valence-electron chi connectivity index (χ2n) is 9.60. The van der Waals surface area contributed by atoms with Crippen LogP contribution in [0.15, 0.2) is 23.8 Å². The Balaban J connectivity index is 1.49. The van der Waals surface area contributed by atoms with Crippen LogP contribution in [0.1, 0.15) is 58.3 Å². The van der Waals surface area contributed by atoms with Crippen molar-refractivity contribution in [1.82, 2.24) is 0 Å². The summed E-state index contributed by atoms with van der Waals surface area (Å²) in [4.78, 5) is 0. The topological polar surface area (TPSA) is 20.2 Å². The molecule has 0 aromatic rings. The summed E-state index contributed by atoms with van der Waals surface area (Å²) >= 11 is 4.36. The Kier molecular flexibility index (Phi) is 4.40. The molecule has 1 aliphatic heterocycles. The number of allylic oxidation sites excluding steroid dienone is 2. The minimum Gasteiger partial charge on any atom is -0.377 e. The van der Waals surface area contributed by atoms with Gasteiger partial charge in [0.25, 0.3) is 0 Å². The van der Waals surface area contributed by atoms with Gasteiger partial charge in [-0.2, -0.15) is 0 Å². The monoisotopic (exact) mass is 400 g/mol. The lowest BCUT2D eigenvalue weighted by atomic mass is 9.48. The van der Waals surface area contributed by atoms with Crippen molar-refractivity contribution in [2.24, 2.45) is 29.1 Å². The van der Waals surface area contributed by atoms with E-state index in [2.05, 4.69) is 49.0 Å². The maximum absolute atomic E-state index is 11.3. The number of hydrogen-bond acceptors (Lipinski definition) is 3. The van der Waals surface area contributed by atoms with E-state index in [1.54, 1.807) is 5.57 Å². The van der Waals surface area contributed by atoms with Crippen LogP contribution in [0.4, 0.5) is 0 Å². The first kappa shape index (κ1) is 18.7. The molecule has 0 amide bonds. The number of terminal acetylenes is 1. The van der Waals surface area contributed by atoms with Crippen LogP contribution in [0.5, 0.6) is 0 Å². The summed E-state index contributed by atoms with van der Waals surface area (Å²) in [5.41, 5.74) is 2.07. The molecule has 0 bridgehead atoms. The molecule has 4 aliphatic carbocycles. The molecule has 1 saturated heterocycles. The third-order valence-electron chi connectivity index (χ3n) is 8.87. The van der Waals surface area contributed by atoms with Crippen LogP contribution in [0, 0.1) is 41.4 Å². The van der Waals surface area contributed by atoms with Crippen molar-refractivity contribution in [3.63, 3.8) is 0 Å². The molecule has 0 aromatic heterocycles. The number of fused-ring (bicyclic) bond motifs is 5. The lowest BCUT2D eigenvalue weighted by Crippen LogP contribution is -2.54. The third kappa shape index (κ3) is 2.45. The molecular formula is C24H32OS2. The van der Waals surface area contributed by atoms with Gasteiger partial charge in [0, 0.05) is 16.9 Å². The molecule has 27 heavy (non-hydrogen) atoms. The van der Waals surface area contributed by atoms with E-state index in [1.165, 1.54) is 42.8 Å². The highest BCUT2D eigenvalue weighted by atomic mass is 32.2. The standard InChI is InChI=1S/C24H32OS2/c1-4-22-14-16(3)21-18-8-11-24(26-12-13-27-24)15-17(18)6-7-19(21)20(22)9-10-23(22,25)5-2/h2,15,18-21,25H,3-4,6-14H2,1H3. The van der Waals surface area contributed by atoms with Gasteiger partial charge >= 0.3 is 0 Å². The molecule has 6 atom stereocenters. The van der Waals surface area contributed by atoms with Gasteiger partial charge in [0.2, 0.25) is 0 Å². The zero-order valence-corrected chi connectivity index (χ0v) is 18.1. The minimum atomic E-state index is -0.926. The van der Waals surface area contributed by atoms with Crippen LogP contribution in [-0.4, -0.2) is 26.3 Å². The summed E-state index contributed by atoms with van der Waals surface area (Å²) in [5, 5.41) is 11.3. The molecule has 1 nitrogen and oxygen atoms in total. The Morgan fingerprint density at radius 3 is 2.74 bits per heavy atom. The molecule has 3 saturated carbocycles. The van der Waals surface area contributed by atoms with Crippen molar-refractivity contribution in [3.8, 4) is 12.3 Å². The molecular weight excluding hydrogens is 368 g/mol. The second kappa shape index (κ2) is 6.35. The zero-order chi connectivity index (χ0) is 18.9. The first-order valence-corrected chi connectivity index (χ1v) is 12.8. The van der Waals surface area contributed by atoms with Crippen molar-refractivity contribution in [2.45, 2.75) is 68.0 Å². The highest BCUT2D eigenvalue weighted by Gasteiger charge is 2.64. The average molecular weight is 401 g/mol. The number of aliphatic hydroxyl groups is 1. The van der Waals surface area contributed by atoms with Gasteiger partial charge in [0.15, 0.2) is 0 Å². The third-order valence-corrected chi connectivity index (χ3v) is 12.3. The van der Waals surface area contributed by atoms with E-state index in [1.807, 2.05) is 0 Å². The van der Waals surface area contributed by atoms with E-state index in [4.69, 9.17) is 6.42 Å². The average Bonchev–Trinajstić information content (AvgIpc) is 3.25. The zero-order valence-electron chi connectivity index (χ0n) is 16.5. The SMILES string of the molecule is C#CC1(O)CCC2C3CCC4=CC5(CCC4C3C(=C)CC21CC)SCCS5. The van der Waals surface area contributed by atoms with Crippen molar-refractivity contribution < 1.29 is 5.11 Å². The number of hydrogen-bond donors (Lipinski definition) is 1. The summed E-state index contributed by atoms with van der Waals surface area (Å²) in [5.74, 6) is 8.04. The predicted molar refractivity (Wildman–Crippen MR) is 118 cm³/mol.